The van der Waals surface area contributed by atoms with Gasteiger partial charge in [-0.25, -0.2) is 0 Å². The van der Waals surface area contributed by atoms with Gasteiger partial charge in [0.2, 0.25) is 0 Å². The van der Waals surface area contributed by atoms with Gasteiger partial charge >= 0.3 is 5.97 Å². The molecule has 1 rings (SSSR count). The predicted molar refractivity (Wildman–Crippen MR) is 60.9 cm³/mol. The quantitative estimate of drug-likeness (QED) is 0.712. The van der Waals surface area contributed by atoms with Crippen LogP contribution < -0.4 is 5.32 Å². The van der Waals surface area contributed by atoms with Gasteiger partial charge in [0.1, 0.15) is 6.04 Å². The zero-order valence-electron chi connectivity index (χ0n) is 10.0. The minimum Gasteiger partial charge on any atom is -0.480 e. The molecule has 3 nitrogen and oxygen atoms in total. The maximum Gasteiger partial charge on any atom is 0.320 e. The van der Waals surface area contributed by atoms with Crippen LogP contribution in [0.25, 0.3) is 0 Å². The van der Waals surface area contributed by atoms with Gasteiger partial charge in [0, 0.05) is 6.04 Å². The third-order valence-electron chi connectivity index (χ3n) is 3.18. The van der Waals surface area contributed by atoms with Gasteiger partial charge in [-0.2, -0.15) is 0 Å². The summed E-state index contributed by atoms with van der Waals surface area (Å²) in [7, 11) is 0. The normalized spacial score (nSPS) is 22.1. The molecule has 0 radical (unpaired) electrons. The minimum atomic E-state index is -0.701. The molecule has 0 aliphatic heterocycles. The summed E-state index contributed by atoms with van der Waals surface area (Å²) in [4.78, 5) is 11.0. The molecule has 0 saturated heterocycles. The second-order valence-electron chi connectivity index (χ2n) is 5.47. The zero-order valence-corrected chi connectivity index (χ0v) is 10.0. The van der Waals surface area contributed by atoms with Gasteiger partial charge in [-0.15, -0.1) is 0 Å². The Bertz CT molecular complexity index is 218. The van der Waals surface area contributed by atoms with Gasteiger partial charge in [-0.3, -0.25) is 4.79 Å². The van der Waals surface area contributed by atoms with E-state index in [1.54, 1.807) is 0 Å². The van der Waals surface area contributed by atoms with Gasteiger partial charge in [0.25, 0.3) is 0 Å². The SMILES string of the molecule is CCCCC(NC1CC(C)(C)C1)C(=O)O. The van der Waals surface area contributed by atoms with Crippen LogP contribution in [-0.2, 0) is 4.79 Å². The molecule has 2 N–H and O–H groups in total. The van der Waals surface area contributed by atoms with Crippen molar-refractivity contribution in [1.29, 1.82) is 0 Å². The molecule has 1 fully saturated rings. The van der Waals surface area contributed by atoms with Crippen LogP contribution in [0, 0.1) is 5.41 Å². The first kappa shape index (κ1) is 12.5. The Morgan fingerprint density at radius 2 is 2.13 bits per heavy atom. The van der Waals surface area contributed by atoms with Crippen LogP contribution >= 0.6 is 0 Å². The molecular weight excluding hydrogens is 190 g/mol. The topological polar surface area (TPSA) is 49.3 Å². The van der Waals surface area contributed by atoms with Gasteiger partial charge < -0.3 is 10.4 Å². The van der Waals surface area contributed by atoms with Crippen LogP contribution in [0.5, 0.6) is 0 Å². The molecule has 0 aromatic rings. The van der Waals surface area contributed by atoms with E-state index in [9.17, 15) is 4.79 Å². The van der Waals surface area contributed by atoms with Gasteiger partial charge in [0.15, 0.2) is 0 Å². The summed E-state index contributed by atoms with van der Waals surface area (Å²) in [5.74, 6) is -0.701. The Morgan fingerprint density at radius 3 is 2.53 bits per heavy atom. The van der Waals surface area contributed by atoms with Gasteiger partial charge in [-0.1, -0.05) is 33.6 Å². The second-order valence-corrected chi connectivity index (χ2v) is 5.47. The van der Waals surface area contributed by atoms with Crippen molar-refractivity contribution >= 4 is 5.97 Å². The highest BCUT2D eigenvalue weighted by atomic mass is 16.4. The molecule has 1 saturated carbocycles. The van der Waals surface area contributed by atoms with Crippen LogP contribution in [0.1, 0.15) is 52.9 Å². The zero-order chi connectivity index (χ0) is 11.5. The Balaban J connectivity index is 2.30. The first-order valence-corrected chi connectivity index (χ1v) is 5.93. The monoisotopic (exact) mass is 213 g/mol. The van der Waals surface area contributed by atoms with E-state index in [2.05, 4.69) is 26.1 Å². The van der Waals surface area contributed by atoms with E-state index < -0.39 is 5.97 Å². The fraction of sp³-hybridized carbons (Fsp3) is 0.917. The molecule has 0 spiro atoms. The number of carboxylic acids is 1. The van der Waals surface area contributed by atoms with E-state index in [-0.39, 0.29) is 6.04 Å². The van der Waals surface area contributed by atoms with Crippen molar-refractivity contribution in [1.82, 2.24) is 5.32 Å². The predicted octanol–water partition coefficient (Wildman–Crippen LogP) is 2.41. The van der Waals surface area contributed by atoms with E-state index in [0.717, 1.165) is 32.1 Å². The van der Waals surface area contributed by atoms with E-state index >= 15 is 0 Å². The molecule has 1 aliphatic carbocycles. The second kappa shape index (κ2) is 4.97. The largest absolute Gasteiger partial charge is 0.480 e. The number of carboxylic acid groups (broad SMARTS) is 1. The molecule has 0 heterocycles. The molecular formula is C12H23NO2. The Kier molecular flexibility index (Phi) is 4.14. The van der Waals surface area contributed by atoms with Crippen LogP contribution in [0.2, 0.25) is 0 Å². The Hall–Kier alpha value is -0.570. The summed E-state index contributed by atoms with van der Waals surface area (Å²) in [5.41, 5.74) is 0.408. The molecule has 0 aromatic heterocycles. The van der Waals surface area contributed by atoms with Crippen molar-refractivity contribution in [3.63, 3.8) is 0 Å². The smallest absolute Gasteiger partial charge is 0.320 e. The Morgan fingerprint density at radius 1 is 1.53 bits per heavy atom. The van der Waals surface area contributed by atoms with Crippen molar-refractivity contribution in [2.75, 3.05) is 0 Å². The van der Waals surface area contributed by atoms with Crippen LogP contribution in [0.4, 0.5) is 0 Å². The van der Waals surface area contributed by atoms with E-state index in [0.29, 0.717) is 11.5 Å². The molecule has 15 heavy (non-hydrogen) atoms. The number of aliphatic carboxylic acids is 1. The first-order chi connectivity index (χ1) is 6.94. The summed E-state index contributed by atoms with van der Waals surface area (Å²) < 4.78 is 0. The third kappa shape index (κ3) is 3.82. The maximum absolute atomic E-state index is 11.0. The van der Waals surface area contributed by atoms with Crippen LogP contribution in [-0.4, -0.2) is 23.2 Å². The number of rotatable bonds is 6. The molecule has 0 amide bonds. The van der Waals surface area contributed by atoms with Crippen LogP contribution in [0.3, 0.4) is 0 Å². The lowest BCUT2D eigenvalue weighted by Gasteiger charge is -2.44. The number of hydrogen-bond acceptors (Lipinski definition) is 2. The van der Waals surface area contributed by atoms with Gasteiger partial charge in [-0.05, 0) is 24.7 Å². The summed E-state index contributed by atoms with van der Waals surface area (Å²) in [6.07, 6.45) is 5.00. The van der Waals surface area contributed by atoms with Crippen molar-refractivity contribution < 1.29 is 9.90 Å². The molecule has 88 valence electrons. The standard InChI is InChI=1S/C12H23NO2/c1-4-5-6-10(11(14)15)13-9-7-12(2,3)8-9/h9-10,13H,4-8H2,1-3H3,(H,14,15). The van der Waals surface area contributed by atoms with E-state index in [4.69, 9.17) is 5.11 Å². The molecule has 1 atom stereocenters. The summed E-state index contributed by atoms with van der Waals surface area (Å²) in [6, 6.07) is 0.0732. The Labute approximate surface area is 92.3 Å². The lowest BCUT2D eigenvalue weighted by molar-refractivity contribution is -0.140. The lowest BCUT2D eigenvalue weighted by atomic mass is 9.68. The average molecular weight is 213 g/mol. The first-order valence-electron chi connectivity index (χ1n) is 5.93. The minimum absolute atomic E-state index is 0.342. The van der Waals surface area contributed by atoms with Crippen molar-refractivity contribution in [2.45, 2.75) is 65.0 Å². The summed E-state index contributed by atoms with van der Waals surface area (Å²) in [6.45, 7) is 6.55. The number of carbonyl (C=O) groups is 1. The summed E-state index contributed by atoms with van der Waals surface area (Å²) >= 11 is 0. The third-order valence-corrected chi connectivity index (χ3v) is 3.18. The number of hydrogen-bond donors (Lipinski definition) is 2. The van der Waals surface area contributed by atoms with Crippen LogP contribution in [0.15, 0.2) is 0 Å². The highest BCUT2D eigenvalue weighted by Crippen LogP contribution is 2.40. The molecule has 0 aromatic carbocycles. The van der Waals surface area contributed by atoms with Gasteiger partial charge in [0.05, 0.1) is 0 Å². The van der Waals surface area contributed by atoms with E-state index in [1.165, 1.54) is 0 Å². The average Bonchev–Trinajstić information content (AvgIpc) is 2.08. The molecule has 0 bridgehead atoms. The maximum atomic E-state index is 11.0. The molecule has 3 heteroatoms. The molecule has 1 aliphatic rings. The fourth-order valence-electron chi connectivity index (χ4n) is 2.36. The van der Waals surface area contributed by atoms with Crippen molar-refractivity contribution in [2.24, 2.45) is 5.41 Å². The highest BCUT2D eigenvalue weighted by molar-refractivity contribution is 5.73. The number of nitrogens with one attached hydrogen (secondary N) is 1. The summed E-state index contributed by atoms with van der Waals surface area (Å²) in [5, 5.41) is 12.3. The lowest BCUT2D eigenvalue weighted by Crippen LogP contribution is -2.52. The fourth-order valence-corrected chi connectivity index (χ4v) is 2.36. The van der Waals surface area contributed by atoms with Crippen molar-refractivity contribution in [3.05, 3.63) is 0 Å². The van der Waals surface area contributed by atoms with E-state index in [1.807, 2.05) is 0 Å². The number of unbranched alkanes of at least 4 members (excludes halogenated alkanes) is 1. The molecule has 1 unspecified atom stereocenters. The highest BCUT2D eigenvalue weighted by Gasteiger charge is 2.37. The van der Waals surface area contributed by atoms with Crippen molar-refractivity contribution in [3.8, 4) is 0 Å².